The van der Waals surface area contributed by atoms with Crippen molar-refractivity contribution in [2.45, 2.75) is 57.9 Å². The average molecular weight is 515 g/mol. The minimum absolute atomic E-state index is 0.0252. The monoisotopic (exact) mass is 514 g/mol. The van der Waals surface area contributed by atoms with Crippen LogP contribution in [0.2, 0.25) is 0 Å². The van der Waals surface area contributed by atoms with Gasteiger partial charge >= 0.3 is 0 Å². The van der Waals surface area contributed by atoms with E-state index in [2.05, 4.69) is 29.8 Å². The molecule has 1 aromatic heterocycles. The summed E-state index contributed by atoms with van der Waals surface area (Å²) in [6.45, 7) is 6.07. The number of nitrogens with zero attached hydrogens (tertiary/aromatic N) is 1. The summed E-state index contributed by atoms with van der Waals surface area (Å²) >= 11 is 0. The number of nitrogens with one attached hydrogen (secondary N) is 1. The zero-order valence-corrected chi connectivity index (χ0v) is 22.0. The Bertz CT molecular complexity index is 1390. The molecule has 0 aliphatic carbocycles. The first-order valence-electron chi connectivity index (χ1n) is 13.0. The molecular formula is C32H35FN2O3. The maximum Gasteiger partial charge on any atom is 0.223 e. The van der Waals surface area contributed by atoms with Gasteiger partial charge in [-0.3, -0.25) is 4.79 Å². The summed E-state index contributed by atoms with van der Waals surface area (Å²) in [7, 11) is 0. The highest BCUT2D eigenvalue weighted by molar-refractivity contribution is 6.01. The van der Waals surface area contributed by atoms with E-state index in [1.165, 1.54) is 12.1 Å². The van der Waals surface area contributed by atoms with Gasteiger partial charge in [-0.05, 0) is 56.2 Å². The van der Waals surface area contributed by atoms with Crippen molar-refractivity contribution in [2.75, 3.05) is 0 Å². The van der Waals surface area contributed by atoms with E-state index in [9.17, 15) is 19.4 Å². The third kappa shape index (κ3) is 6.39. The fraction of sp³-hybridized carbons (Fsp3) is 0.281. The molecule has 3 N–H and O–H groups in total. The van der Waals surface area contributed by atoms with Crippen molar-refractivity contribution in [1.29, 1.82) is 0 Å². The molecule has 4 aromatic rings. The number of carbonyl (C=O) groups is 1. The van der Waals surface area contributed by atoms with Gasteiger partial charge in [-0.2, -0.15) is 0 Å². The summed E-state index contributed by atoms with van der Waals surface area (Å²) in [5.74, 6) is -0.575. The van der Waals surface area contributed by atoms with Crippen LogP contribution >= 0.6 is 0 Å². The van der Waals surface area contributed by atoms with Gasteiger partial charge < -0.3 is 20.1 Å². The number of amides is 1. The lowest BCUT2D eigenvalue weighted by Crippen LogP contribution is -2.31. The first kappa shape index (κ1) is 27.3. The Hall–Kier alpha value is -3.74. The molecule has 4 rings (SSSR count). The summed E-state index contributed by atoms with van der Waals surface area (Å²) in [4.78, 5) is 12.4. The van der Waals surface area contributed by atoms with Crippen LogP contribution in [0.3, 0.4) is 0 Å². The second-order valence-electron chi connectivity index (χ2n) is 9.97. The van der Waals surface area contributed by atoms with Crippen molar-refractivity contribution in [3.63, 3.8) is 0 Å². The second kappa shape index (κ2) is 12.2. The molecule has 0 unspecified atom stereocenters. The number of carbonyl (C=O) groups excluding carboxylic acids is 1. The quantitative estimate of drug-likeness (QED) is 0.229. The van der Waals surface area contributed by atoms with Crippen molar-refractivity contribution in [3.8, 4) is 11.1 Å². The van der Waals surface area contributed by atoms with Gasteiger partial charge in [-0.25, -0.2) is 4.39 Å². The van der Waals surface area contributed by atoms with Gasteiger partial charge in [0.15, 0.2) is 0 Å². The molecule has 6 heteroatoms. The standard InChI is InChI=1S/C32H35FN2O3/c1-21(2)35-29-12-8-7-11-28(29)32(24-13-15-25(33)16-14-24)30(35)18-17-26(36)19-27(37)20-31(38)34-22(3)23-9-5-4-6-10-23/h4-18,21-22,26-27,36-37H,19-20H2,1-3H3,(H,34,38)/b18-17+/t22-,26+,27+/m0/s1. The molecule has 1 heterocycles. The number of halogens is 1. The van der Waals surface area contributed by atoms with Crippen LogP contribution in [0.4, 0.5) is 4.39 Å². The summed E-state index contributed by atoms with van der Waals surface area (Å²) in [6, 6.07) is 24.0. The number of fused-ring (bicyclic) bond motifs is 1. The first-order chi connectivity index (χ1) is 18.2. The van der Waals surface area contributed by atoms with Crippen LogP contribution < -0.4 is 5.32 Å². The van der Waals surface area contributed by atoms with Crippen molar-refractivity contribution >= 4 is 22.9 Å². The molecule has 0 aliphatic heterocycles. The zero-order valence-electron chi connectivity index (χ0n) is 22.0. The van der Waals surface area contributed by atoms with Crippen LogP contribution in [0.1, 0.15) is 57.0 Å². The van der Waals surface area contributed by atoms with Gasteiger partial charge in [-0.15, -0.1) is 0 Å². The second-order valence-corrected chi connectivity index (χ2v) is 9.97. The lowest BCUT2D eigenvalue weighted by molar-refractivity contribution is -0.123. The van der Waals surface area contributed by atoms with E-state index in [4.69, 9.17) is 0 Å². The Balaban J connectivity index is 1.51. The van der Waals surface area contributed by atoms with Crippen LogP contribution in [-0.2, 0) is 4.79 Å². The highest BCUT2D eigenvalue weighted by Crippen LogP contribution is 2.38. The average Bonchev–Trinajstić information content (AvgIpc) is 3.22. The predicted molar refractivity (Wildman–Crippen MR) is 151 cm³/mol. The summed E-state index contributed by atoms with van der Waals surface area (Å²) in [5.41, 5.74) is 4.74. The molecule has 198 valence electrons. The van der Waals surface area contributed by atoms with E-state index in [1.807, 2.05) is 61.5 Å². The van der Waals surface area contributed by atoms with Crippen molar-refractivity contribution in [3.05, 3.63) is 102 Å². The molecule has 38 heavy (non-hydrogen) atoms. The van der Waals surface area contributed by atoms with Crippen molar-refractivity contribution in [1.82, 2.24) is 9.88 Å². The van der Waals surface area contributed by atoms with Crippen LogP contribution in [-0.4, -0.2) is 32.9 Å². The van der Waals surface area contributed by atoms with Crippen LogP contribution in [0.25, 0.3) is 28.1 Å². The Morgan fingerprint density at radius 2 is 1.61 bits per heavy atom. The van der Waals surface area contributed by atoms with Crippen LogP contribution in [0.15, 0.2) is 84.9 Å². The fourth-order valence-corrected chi connectivity index (χ4v) is 4.91. The lowest BCUT2D eigenvalue weighted by atomic mass is 10.0. The van der Waals surface area contributed by atoms with Crippen molar-refractivity contribution in [2.24, 2.45) is 0 Å². The topological polar surface area (TPSA) is 74.5 Å². The van der Waals surface area contributed by atoms with E-state index in [0.29, 0.717) is 0 Å². The van der Waals surface area contributed by atoms with Gasteiger partial charge in [0.1, 0.15) is 5.82 Å². The smallest absolute Gasteiger partial charge is 0.223 e. The number of hydrogen-bond acceptors (Lipinski definition) is 3. The summed E-state index contributed by atoms with van der Waals surface area (Å²) < 4.78 is 15.9. The molecule has 1 amide bonds. The number of para-hydroxylation sites is 1. The van der Waals surface area contributed by atoms with E-state index in [0.717, 1.165) is 33.3 Å². The molecule has 0 spiro atoms. The number of benzene rings is 3. The fourth-order valence-electron chi connectivity index (χ4n) is 4.91. The molecule has 0 saturated heterocycles. The molecule has 0 bridgehead atoms. The SMILES string of the molecule is CC(C)n1c(/C=C/[C@@H](O)C[C@@H](O)CC(=O)N[C@@H](C)c2ccccc2)c(-c2ccc(F)cc2)c2ccccc21. The lowest BCUT2D eigenvalue weighted by Gasteiger charge is -2.17. The summed E-state index contributed by atoms with van der Waals surface area (Å²) in [6.07, 6.45) is 1.47. The largest absolute Gasteiger partial charge is 0.392 e. The van der Waals surface area contributed by atoms with E-state index < -0.39 is 12.2 Å². The Kier molecular flexibility index (Phi) is 8.77. The van der Waals surface area contributed by atoms with Gasteiger partial charge in [0.2, 0.25) is 5.91 Å². The van der Waals surface area contributed by atoms with E-state index in [1.54, 1.807) is 18.2 Å². The Labute approximate surface area is 223 Å². The van der Waals surface area contributed by atoms with Crippen molar-refractivity contribution < 1.29 is 19.4 Å². The van der Waals surface area contributed by atoms with Crippen LogP contribution in [0.5, 0.6) is 0 Å². The predicted octanol–water partition coefficient (Wildman–Crippen LogP) is 6.42. The molecule has 0 fully saturated rings. The molecule has 3 atom stereocenters. The highest BCUT2D eigenvalue weighted by Gasteiger charge is 2.20. The van der Waals surface area contributed by atoms with Gasteiger partial charge in [0.05, 0.1) is 24.7 Å². The minimum atomic E-state index is -0.995. The number of hydrogen-bond donors (Lipinski definition) is 3. The van der Waals surface area contributed by atoms with Gasteiger partial charge in [-0.1, -0.05) is 66.7 Å². The molecule has 0 aliphatic rings. The third-order valence-corrected chi connectivity index (χ3v) is 6.69. The maximum atomic E-state index is 13.7. The van der Waals surface area contributed by atoms with Gasteiger partial charge in [0.25, 0.3) is 0 Å². The number of rotatable bonds is 10. The van der Waals surface area contributed by atoms with Crippen LogP contribution in [0, 0.1) is 5.82 Å². The molecule has 0 radical (unpaired) electrons. The Morgan fingerprint density at radius 3 is 2.29 bits per heavy atom. The molecule has 5 nitrogen and oxygen atoms in total. The third-order valence-electron chi connectivity index (χ3n) is 6.69. The summed E-state index contributed by atoms with van der Waals surface area (Å²) in [5, 5.41) is 25.1. The molecule has 3 aromatic carbocycles. The van der Waals surface area contributed by atoms with E-state index in [-0.39, 0.29) is 36.6 Å². The number of aromatic nitrogens is 1. The van der Waals surface area contributed by atoms with Gasteiger partial charge in [0, 0.05) is 34.6 Å². The van der Waals surface area contributed by atoms with E-state index >= 15 is 0 Å². The highest BCUT2D eigenvalue weighted by atomic mass is 19.1. The minimum Gasteiger partial charge on any atom is -0.392 e. The zero-order chi connectivity index (χ0) is 27.2. The molecular weight excluding hydrogens is 479 g/mol. The first-order valence-corrected chi connectivity index (χ1v) is 13.0. The normalized spacial score (nSPS) is 14.2. The Morgan fingerprint density at radius 1 is 0.947 bits per heavy atom. The molecule has 0 saturated carbocycles. The maximum absolute atomic E-state index is 13.7. The number of aliphatic hydroxyl groups is 2. The number of aliphatic hydroxyl groups excluding tert-OH is 2.